The van der Waals surface area contributed by atoms with E-state index >= 15 is 4.39 Å². The lowest BCUT2D eigenvalue weighted by Crippen LogP contribution is -2.56. The lowest BCUT2D eigenvalue weighted by molar-refractivity contribution is -0.0401. The first-order chi connectivity index (χ1) is 21.1. The summed E-state index contributed by atoms with van der Waals surface area (Å²) in [7, 11) is 0. The SMILES string of the molecule is O=C(O)c1cn(C2CC2)c2c3c(c(F)cc2c1=O)N1CC[C@@](O)(COc2ccc(N4C[C@H](CO)OC4=O)cc2F)C[C@@H]1CO3. The fraction of sp³-hybridized carbons (Fsp3) is 0.433. The van der Waals surface area contributed by atoms with Gasteiger partial charge >= 0.3 is 12.1 Å². The monoisotopic (exact) mass is 613 g/mol. The van der Waals surface area contributed by atoms with Crippen LogP contribution in [0.15, 0.2) is 35.3 Å². The van der Waals surface area contributed by atoms with Crippen LogP contribution in [-0.2, 0) is 4.74 Å². The van der Waals surface area contributed by atoms with Gasteiger partial charge in [-0.25, -0.2) is 18.4 Å². The molecule has 3 N–H and O–H groups in total. The third-order valence-corrected chi connectivity index (χ3v) is 8.75. The summed E-state index contributed by atoms with van der Waals surface area (Å²) in [5.41, 5.74) is -1.85. The van der Waals surface area contributed by atoms with Crippen molar-refractivity contribution in [1.29, 1.82) is 0 Å². The molecule has 1 amide bonds. The Bertz CT molecular complexity index is 1760. The molecule has 232 valence electrons. The summed E-state index contributed by atoms with van der Waals surface area (Å²) in [6.07, 6.45) is 1.78. The Labute approximate surface area is 248 Å². The Morgan fingerprint density at radius 2 is 1.93 bits per heavy atom. The van der Waals surface area contributed by atoms with E-state index < -0.39 is 52.4 Å². The van der Waals surface area contributed by atoms with E-state index in [9.17, 15) is 34.1 Å². The minimum atomic E-state index is -1.39. The number of ether oxygens (including phenoxy) is 3. The molecular formula is C30H29F2N3O9. The summed E-state index contributed by atoms with van der Waals surface area (Å²) in [4.78, 5) is 39.7. The fourth-order valence-electron chi connectivity index (χ4n) is 6.37. The third kappa shape index (κ3) is 4.68. The number of aromatic nitrogens is 1. The standard InChI is InChI=1S/C30H29F2N3O9/c31-21-7-16(35-10-18(12-36)44-29(35)40)3-4-23(21)43-14-30(41)5-6-33-17(9-30)13-42-27-24-19(8-22(32)25(27)33)26(37)20(28(38)39)11-34(24)15-1-2-15/h3-4,7-8,11,15,17-18,36,41H,1-2,5-6,9-10,12-14H2,(H,38,39)/t17-,18-,30+/m1/s1. The van der Waals surface area contributed by atoms with Crippen molar-refractivity contribution in [3.05, 3.63) is 57.9 Å². The van der Waals surface area contributed by atoms with E-state index in [4.69, 9.17) is 14.2 Å². The normalized spacial score (nSPS) is 24.5. The van der Waals surface area contributed by atoms with E-state index in [-0.39, 0.29) is 80.1 Å². The predicted molar refractivity (Wildman–Crippen MR) is 151 cm³/mol. The Morgan fingerprint density at radius 3 is 2.61 bits per heavy atom. The second-order valence-electron chi connectivity index (χ2n) is 11.8. The fourth-order valence-corrected chi connectivity index (χ4v) is 6.37. The van der Waals surface area contributed by atoms with E-state index in [0.717, 1.165) is 25.0 Å². The number of hydrogen-bond donors (Lipinski definition) is 3. The summed E-state index contributed by atoms with van der Waals surface area (Å²) in [6.45, 7) is -0.238. The Balaban J connectivity index is 1.10. The molecule has 2 aromatic carbocycles. The number of aliphatic hydroxyl groups excluding tert-OH is 1. The highest BCUT2D eigenvalue weighted by Crippen LogP contribution is 2.47. The predicted octanol–water partition coefficient (Wildman–Crippen LogP) is 2.80. The highest BCUT2D eigenvalue weighted by molar-refractivity contribution is 5.97. The number of pyridine rings is 1. The summed E-state index contributed by atoms with van der Waals surface area (Å²) >= 11 is 0. The number of anilines is 2. The smallest absolute Gasteiger partial charge is 0.414 e. The summed E-state index contributed by atoms with van der Waals surface area (Å²) < 4.78 is 49.0. The molecule has 3 fully saturated rings. The maximum absolute atomic E-state index is 15.7. The number of carbonyl (C=O) groups is 2. The molecule has 2 saturated heterocycles. The van der Waals surface area contributed by atoms with Gasteiger partial charge in [-0.1, -0.05) is 0 Å². The molecule has 44 heavy (non-hydrogen) atoms. The van der Waals surface area contributed by atoms with Crippen LogP contribution in [0.2, 0.25) is 0 Å². The molecule has 1 saturated carbocycles. The zero-order chi connectivity index (χ0) is 30.9. The van der Waals surface area contributed by atoms with Gasteiger partial charge in [-0.3, -0.25) is 9.69 Å². The molecule has 0 unspecified atom stereocenters. The van der Waals surface area contributed by atoms with Gasteiger partial charge in [0.2, 0.25) is 5.43 Å². The molecular weight excluding hydrogens is 584 g/mol. The number of carboxylic acids is 1. The highest BCUT2D eigenvalue weighted by Gasteiger charge is 2.44. The van der Waals surface area contributed by atoms with Gasteiger partial charge in [0, 0.05) is 31.3 Å². The lowest BCUT2D eigenvalue weighted by atomic mass is 9.86. The van der Waals surface area contributed by atoms with Crippen LogP contribution < -0.4 is 24.7 Å². The minimum Gasteiger partial charge on any atom is -0.488 e. The van der Waals surface area contributed by atoms with Crippen LogP contribution in [0.25, 0.3) is 10.9 Å². The van der Waals surface area contributed by atoms with Crippen LogP contribution in [0.4, 0.5) is 25.0 Å². The zero-order valence-corrected chi connectivity index (χ0v) is 23.4. The van der Waals surface area contributed by atoms with Crippen molar-refractivity contribution < 1.29 is 47.9 Å². The number of hydrogen-bond acceptors (Lipinski definition) is 9. The van der Waals surface area contributed by atoms with Crippen LogP contribution in [0, 0.1) is 11.6 Å². The maximum atomic E-state index is 15.7. The molecule has 1 aromatic heterocycles. The topological polar surface area (TPSA) is 151 Å². The number of aromatic carboxylic acids is 1. The second kappa shape index (κ2) is 10.3. The van der Waals surface area contributed by atoms with Crippen molar-refractivity contribution in [1.82, 2.24) is 4.57 Å². The molecule has 4 heterocycles. The van der Waals surface area contributed by atoms with Gasteiger partial charge in [-0.05, 0) is 37.5 Å². The Kier molecular flexibility index (Phi) is 6.66. The molecule has 0 spiro atoms. The van der Waals surface area contributed by atoms with E-state index in [1.165, 1.54) is 23.2 Å². The number of benzene rings is 2. The molecule has 7 rings (SSSR count). The first kappa shape index (κ1) is 28.3. The summed E-state index contributed by atoms with van der Waals surface area (Å²) in [6, 6.07) is 4.53. The number of piperidine rings is 1. The van der Waals surface area contributed by atoms with Crippen LogP contribution in [0.3, 0.4) is 0 Å². The maximum Gasteiger partial charge on any atom is 0.414 e. The molecule has 0 bridgehead atoms. The van der Waals surface area contributed by atoms with E-state index in [2.05, 4.69) is 0 Å². The Hall–Kier alpha value is -4.43. The molecule has 1 aliphatic carbocycles. The largest absolute Gasteiger partial charge is 0.488 e. The number of rotatable bonds is 7. The van der Waals surface area contributed by atoms with Crippen molar-refractivity contribution in [2.45, 2.75) is 49.5 Å². The first-order valence-corrected chi connectivity index (χ1v) is 14.3. The van der Waals surface area contributed by atoms with E-state index in [1.807, 2.05) is 0 Å². The number of fused-ring (bicyclic) bond motifs is 5. The molecule has 3 atom stereocenters. The third-order valence-electron chi connectivity index (χ3n) is 8.75. The number of halogens is 2. The summed E-state index contributed by atoms with van der Waals surface area (Å²) in [5.74, 6) is -2.81. The number of cyclic esters (lactones) is 1. The van der Waals surface area contributed by atoms with Gasteiger partial charge < -0.3 is 39.0 Å². The number of aliphatic hydroxyl groups is 2. The van der Waals surface area contributed by atoms with Crippen molar-refractivity contribution in [3.8, 4) is 11.5 Å². The molecule has 4 aliphatic rings. The number of carbonyl (C=O) groups excluding carboxylic acids is 1. The van der Waals surface area contributed by atoms with Crippen molar-refractivity contribution in [2.75, 3.05) is 42.7 Å². The van der Waals surface area contributed by atoms with Crippen LogP contribution in [-0.4, -0.2) is 82.6 Å². The molecule has 14 heteroatoms. The van der Waals surface area contributed by atoms with Crippen molar-refractivity contribution >= 4 is 34.3 Å². The van der Waals surface area contributed by atoms with Crippen LogP contribution in [0.5, 0.6) is 11.5 Å². The number of nitrogens with zero attached hydrogens (tertiary/aromatic N) is 3. The Morgan fingerprint density at radius 1 is 1.14 bits per heavy atom. The minimum absolute atomic E-state index is 0.0215. The zero-order valence-electron chi connectivity index (χ0n) is 23.4. The molecule has 3 aliphatic heterocycles. The van der Waals surface area contributed by atoms with Gasteiger partial charge in [-0.2, -0.15) is 0 Å². The van der Waals surface area contributed by atoms with Gasteiger partial charge in [0.1, 0.15) is 36.2 Å². The van der Waals surface area contributed by atoms with Gasteiger partial charge in [0.05, 0.1) is 35.8 Å². The lowest BCUT2D eigenvalue weighted by Gasteiger charge is -2.47. The van der Waals surface area contributed by atoms with Gasteiger partial charge in [-0.15, -0.1) is 0 Å². The van der Waals surface area contributed by atoms with E-state index in [0.29, 0.717) is 5.52 Å². The first-order valence-electron chi connectivity index (χ1n) is 14.3. The quantitative estimate of drug-likeness (QED) is 0.363. The number of carboxylic acid groups (broad SMARTS) is 1. The molecule has 3 aromatic rings. The summed E-state index contributed by atoms with van der Waals surface area (Å²) in [5, 5.41) is 30.1. The molecule has 12 nitrogen and oxygen atoms in total. The van der Waals surface area contributed by atoms with Crippen LogP contribution >= 0.6 is 0 Å². The van der Waals surface area contributed by atoms with E-state index in [1.54, 1.807) is 9.47 Å². The average molecular weight is 614 g/mol. The number of amides is 1. The second-order valence-corrected chi connectivity index (χ2v) is 11.8. The van der Waals surface area contributed by atoms with Crippen molar-refractivity contribution in [3.63, 3.8) is 0 Å². The molecule has 0 radical (unpaired) electrons. The van der Waals surface area contributed by atoms with Gasteiger partial charge in [0.25, 0.3) is 0 Å². The van der Waals surface area contributed by atoms with Crippen molar-refractivity contribution in [2.24, 2.45) is 0 Å². The highest BCUT2D eigenvalue weighted by atomic mass is 19.1. The average Bonchev–Trinajstić information content (AvgIpc) is 3.77. The van der Waals surface area contributed by atoms with Gasteiger partial charge in [0.15, 0.2) is 23.1 Å². The van der Waals surface area contributed by atoms with Crippen LogP contribution in [0.1, 0.15) is 42.1 Å².